The number of benzene rings is 2. The molecule has 3 rings (SSSR count). The molecule has 0 fully saturated rings. The third-order valence-corrected chi connectivity index (χ3v) is 5.10. The van der Waals surface area contributed by atoms with Crippen LogP contribution in [0.2, 0.25) is 0 Å². The van der Waals surface area contributed by atoms with Crippen molar-refractivity contribution in [2.45, 2.75) is 19.3 Å². The van der Waals surface area contributed by atoms with Crippen LogP contribution in [0.1, 0.15) is 22.4 Å². The van der Waals surface area contributed by atoms with Gasteiger partial charge in [0.25, 0.3) is 0 Å². The first-order valence-corrected chi connectivity index (χ1v) is 9.91. The Hall–Kier alpha value is -2.43. The van der Waals surface area contributed by atoms with Crippen molar-refractivity contribution in [1.29, 1.82) is 0 Å². The summed E-state index contributed by atoms with van der Waals surface area (Å²) in [5, 5.41) is 5.53. The Morgan fingerprint density at radius 3 is 2.35 bits per heavy atom. The van der Waals surface area contributed by atoms with E-state index in [0.717, 1.165) is 42.9 Å². The minimum absolute atomic E-state index is 0.579. The van der Waals surface area contributed by atoms with E-state index in [-0.39, 0.29) is 0 Å². The summed E-state index contributed by atoms with van der Waals surface area (Å²) in [6.07, 6.45) is 3.29. The van der Waals surface area contributed by atoms with Crippen molar-refractivity contribution in [1.82, 2.24) is 5.32 Å². The van der Waals surface area contributed by atoms with Gasteiger partial charge in [0.15, 0.2) is 0 Å². The molecule has 0 radical (unpaired) electrons. The number of nitrogens with zero attached hydrogens (tertiary/aromatic N) is 1. The van der Waals surface area contributed by atoms with Crippen LogP contribution in [0.3, 0.4) is 0 Å². The number of rotatable bonds is 9. The molecule has 0 aliphatic rings. The molecule has 26 heavy (non-hydrogen) atoms. The Labute approximate surface area is 159 Å². The summed E-state index contributed by atoms with van der Waals surface area (Å²) in [6, 6.07) is 22.9. The minimum atomic E-state index is 0.579. The number of hydrogen-bond donors (Lipinski definition) is 2. The lowest BCUT2D eigenvalue weighted by atomic mass is 10.1. The molecule has 0 aliphatic heterocycles. The number of aryl methyl sites for hydroxylation is 1. The maximum absolute atomic E-state index is 6.03. The molecule has 0 spiro atoms. The lowest BCUT2D eigenvalue weighted by Crippen LogP contribution is -2.18. The van der Waals surface area contributed by atoms with E-state index in [1.54, 1.807) is 11.3 Å². The zero-order chi connectivity index (χ0) is 18.0. The van der Waals surface area contributed by atoms with Crippen LogP contribution in [0.15, 0.2) is 77.1 Å². The molecule has 0 amide bonds. The van der Waals surface area contributed by atoms with Crippen molar-refractivity contribution in [2.75, 3.05) is 13.1 Å². The van der Waals surface area contributed by atoms with Gasteiger partial charge in [-0.25, -0.2) is 4.99 Å². The van der Waals surface area contributed by atoms with E-state index in [2.05, 4.69) is 52.8 Å². The first-order chi connectivity index (χ1) is 12.8. The van der Waals surface area contributed by atoms with E-state index in [4.69, 9.17) is 5.73 Å². The number of hydrogen-bond acceptors (Lipinski definition) is 3. The van der Waals surface area contributed by atoms with Gasteiger partial charge in [0, 0.05) is 0 Å². The third kappa shape index (κ3) is 5.83. The second-order valence-electron chi connectivity index (χ2n) is 6.23. The first kappa shape index (κ1) is 18.4. The quantitative estimate of drug-likeness (QED) is 0.333. The summed E-state index contributed by atoms with van der Waals surface area (Å²) in [5.74, 6) is 0.579. The van der Waals surface area contributed by atoms with Crippen LogP contribution in [0.5, 0.6) is 0 Å². The highest BCUT2D eigenvalue weighted by Gasteiger charge is 2.00. The minimum Gasteiger partial charge on any atom is -0.383 e. The van der Waals surface area contributed by atoms with E-state index in [0.29, 0.717) is 5.84 Å². The molecule has 2 aromatic carbocycles. The molecular formula is C22H25N3S. The fraction of sp³-hybridized carbons (Fsp3) is 0.227. The van der Waals surface area contributed by atoms with Gasteiger partial charge in [-0.1, -0.05) is 48.5 Å². The summed E-state index contributed by atoms with van der Waals surface area (Å²) in [4.78, 5) is 5.49. The zero-order valence-electron chi connectivity index (χ0n) is 14.9. The lowest BCUT2D eigenvalue weighted by Gasteiger charge is -2.06. The van der Waals surface area contributed by atoms with E-state index in [1.165, 1.54) is 11.1 Å². The largest absolute Gasteiger partial charge is 0.383 e. The summed E-state index contributed by atoms with van der Waals surface area (Å²) >= 11 is 1.61. The van der Waals surface area contributed by atoms with Gasteiger partial charge in [0.1, 0.15) is 5.84 Å². The van der Waals surface area contributed by atoms with Gasteiger partial charge < -0.3 is 11.1 Å². The predicted octanol–water partition coefficient (Wildman–Crippen LogP) is 4.55. The molecule has 4 heteroatoms. The van der Waals surface area contributed by atoms with Crippen molar-refractivity contribution >= 4 is 22.9 Å². The SMILES string of the molecule is NC(=Nc1ccc(CCCNCCc2ccccc2)cc1)c1cccs1. The van der Waals surface area contributed by atoms with Gasteiger partial charge >= 0.3 is 0 Å². The topological polar surface area (TPSA) is 50.4 Å². The zero-order valence-corrected chi connectivity index (χ0v) is 15.7. The lowest BCUT2D eigenvalue weighted by molar-refractivity contribution is 0.647. The van der Waals surface area contributed by atoms with Crippen LogP contribution in [-0.2, 0) is 12.8 Å². The molecular weight excluding hydrogens is 338 g/mol. The Morgan fingerprint density at radius 1 is 0.846 bits per heavy atom. The van der Waals surface area contributed by atoms with Gasteiger partial charge in [0.05, 0.1) is 10.6 Å². The van der Waals surface area contributed by atoms with Crippen molar-refractivity contribution in [3.8, 4) is 0 Å². The average Bonchev–Trinajstić information content (AvgIpc) is 3.22. The molecule has 3 aromatic rings. The molecule has 0 unspecified atom stereocenters. The maximum Gasteiger partial charge on any atom is 0.141 e. The van der Waals surface area contributed by atoms with Crippen LogP contribution >= 0.6 is 11.3 Å². The number of aliphatic imine (C=N–C) groups is 1. The Bertz CT molecular complexity index is 793. The molecule has 134 valence electrons. The predicted molar refractivity (Wildman–Crippen MR) is 112 cm³/mol. The van der Waals surface area contributed by atoms with E-state index < -0.39 is 0 Å². The summed E-state index contributed by atoms with van der Waals surface area (Å²) in [5.41, 5.74) is 9.66. The first-order valence-electron chi connectivity index (χ1n) is 9.03. The van der Waals surface area contributed by atoms with Crippen LogP contribution in [-0.4, -0.2) is 18.9 Å². The summed E-state index contributed by atoms with van der Waals surface area (Å²) in [6.45, 7) is 2.07. The number of nitrogens with two attached hydrogens (primary N) is 1. The smallest absolute Gasteiger partial charge is 0.141 e. The molecule has 1 aromatic heterocycles. The van der Waals surface area contributed by atoms with Gasteiger partial charge in [0.2, 0.25) is 0 Å². The molecule has 0 bridgehead atoms. The van der Waals surface area contributed by atoms with E-state index >= 15 is 0 Å². The highest BCUT2D eigenvalue weighted by Crippen LogP contribution is 2.16. The number of thiophene rings is 1. The highest BCUT2D eigenvalue weighted by atomic mass is 32.1. The highest BCUT2D eigenvalue weighted by molar-refractivity contribution is 7.12. The van der Waals surface area contributed by atoms with Crippen LogP contribution in [0.25, 0.3) is 0 Å². The Kier molecular flexibility index (Phi) is 6.99. The maximum atomic E-state index is 6.03. The van der Waals surface area contributed by atoms with E-state index in [1.807, 2.05) is 29.6 Å². The molecule has 0 saturated heterocycles. The van der Waals surface area contributed by atoms with Gasteiger partial charge in [-0.05, 0) is 67.1 Å². The normalized spacial score (nSPS) is 11.6. The fourth-order valence-electron chi connectivity index (χ4n) is 2.78. The monoisotopic (exact) mass is 363 g/mol. The van der Waals surface area contributed by atoms with Crippen molar-refractivity contribution in [3.63, 3.8) is 0 Å². The molecule has 0 atom stereocenters. The molecule has 0 saturated carbocycles. The molecule has 3 nitrogen and oxygen atoms in total. The Morgan fingerprint density at radius 2 is 1.62 bits per heavy atom. The number of nitrogens with one attached hydrogen (secondary N) is 1. The molecule has 3 N–H and O–H groups in total. The average molecular weight is 364 g/mol. The van der Waals surface area contributed by atoms with Crippen molar-refractivity contribution in [3.05, 3.63) is 88.1 Å². The second kappa shape index (κ2) is 9.90. The number of amidine groups is 1. The molecule has 1 heterocycles. The van der Waals surface area contributed by atoms with Gasteiger partial charge in [-0.15, -0.1) is 11.3 Å². The second-order valence-corrected chi connectivity index (χ2v) is 7.18. The van der Waals surface area contributed by atoms with Crippen LogP contribution in [0, 0.1) is 0 Å². The summed E-state index contributed by atoms with van der Waals surface area (Å²) in [7, 11) is 0. The van der Waals surface area contributed by atoms with E-state index in [9.17, 15) is 0 Å². The Balaban J connectivity index is 1.37. The van der Waals surface area contributed by atoms with Crippen molar-refractivity contribution in [2.24, 2.45) is 10.7 Å². The van der Waals surface area contributed by atoms with Crippen LogP contribution in [0.4, 0.5) is 5.69 Å². The van der Waals surface area contributed by atoms with Crippen molar-refractivity contribution < 1.29 is 0 Å². The van der Waals surface area contributed by atoms with Gasteiger partial charge in [-0.3, -0.25) is 0 Å². The molecule has 0 aliphatic carbocycles. The van der Waals surface area contributed by atoms with Gasteiger partial charge in [-0.2, -0.15) is 0 Å². The third-order valence-electron chi connectivity index (χ3n) is 4.21. The fourth-order valence-corrected chi connectivity index (χ4v) is 3.40. The standard InChI is InChI=1S/C22H25N3S/c23-22(21-9-5-17-26-21)25-20-12-10-19(11-13-20)8-4-15-24-16-14-18-6-2-1-3-7-18/h1-3,5-7,9-13,17,24H,4,8,14-16H2,(H2,23,25). The summed E-state index contributed by atoms with van der Waals surface area (Å²) < 4.78 is 0. The van der Waals surface area contributed by atoms with Crippen LogP contribution < -0.4 is 11.1 Å².